The molecule has 1 aromatic carbocycles. The minimum atomic E-state index is -0.702. The first-order chi connectivity index (χ1) is 10.0. The average Bonchev–Trinajstić information content (AvgIpc) is 2.44. The predicted octanol–water partition coefficient (Wildman–Crippen LogP) is 1.37. The van der Waals surface area contributed by atoms with Gasteiger partial charge < -0.3 is 15.0 Å². The molecule has 0 aliphatic heterocycles. The van der Waals surface area contributed by atoms with Gasteiger partial charge in [0.2, 0.25) is 0 Å². The lowest BCUT2D eigenvalue weighted by Gasteiger charge is -2.10. The van der Waals surface area contributed by atoms with Gasteiger partial charge in [0.1, 0.15) is 11.4 Å². The van der Waals surface area contributed by atoms with E-state index in [4.69, 9.17) is 16.3 Å². The highest BCUT2D eigenvalue weighted by atomic mass is 35.5. The molecule has 2 rings (SSSR count). The molecular formula is C13H12ClN3O4. The quantitative estimate of drug-likeness (QED) is 0.793. The minimum Gasteiger partial charge on any atom is -0.493 e. The van der Waals surface area contributed by atoms with Crippen molar-refractivity contribution in [1.82, 2.24) is 9.97 Å². The van der Waals surface area contributed by atoms with Gasteiger partial charge in [-0.2, -0.15) is 0 Å². The van der Waals surface area contributed by atoms with Gasteiger partial charge in [-0.1, -0.05) is 11.6 Å². The van der Waals surface area contributed by atoms with E-state index in [9.17, 15) is 14.4 Å². The van der Waals surface area contributed by atoms with E-state index >= 15 is 0 Å². The Balaban J connectivity index is 2.33. The number of nitrogens with one attached hydrogen (secondary N) is 3. The van der Waals surface area contributed by atoms with Crippen LogP contribution in [0.5, 0.6) is 5.75 Å². The van der Waals surface area contributed by atoms with Gasteiger partial charge in [0.15, 0.2) is 0 Å². The van der Waals surface area contributed by atoms with Crippen LogP contribution in [0.25, 0.3) is 0 Å². The molecule has 0 saturated heterocycles. The lowest BCUT2D eigenvalue weighted by molar-refractivity contribution is 0.102. The average molecular weight is 310 g/mol. The first-order valence-electron chi connectivity index (χ1n) is 6.07. The van der Waals surface area contributed by atoms with Crippen molar-refractivity contribution < 1.29 is 9.53 Å². The fourth-order valence-corrected chi connectivity index (χ4v) is 1.83. The van der Waals surface area contributed by atoms with E-state index in [1.54, 1.807) is 19.1 Å². The number of hydrogen-bond acceptors (Lipinski definition) is 4. The summed E-state index contributed by atoms with van der Waals surface area (Å²) < 4.78 is 5.34. The van der Waals surface area contributed by atoms with Crippen molar-refractivity contribution in [1.29, 1.82) is 0 Å². The molecule has 0 radical (unpaired) electrons. The molecule has 0 aliphatic rings. The minimum absolute atomic E-state index is 0.0815. The Labute approximate surface area is 123 Å². The fraction of sp³-hybridized carbons (Fsp3) is 0.154. The van der Waals surface area contributed by atoms with E-state index in [2.05, 4.69) is 10.3 Å². The van der Waals surface area contributed by atoms with Gasteiger partial charge in [-0.3, -0.25) is 14.6 Å². The summed E-state index contributed by atoms with van der Waals surface area (Å²) in [6.45, 7) is 2.16. The van der Waals surface area contributed by atoms with Crippen molar-refractivity contribution in [3.8, 4) is 5.75 Å². The van der Waals surface area contributed by atoms with Gasteiger partial charge in [-0.25, -0.2) is 4.79 Å². The molecule has 7 nitrogen and oxygen atoms in total. The van der Waals surface area contributed by atoms with Crippen molar-refractivity contribution in [3.63, 3.8) is 0 Å². The molecule has 110 valence electrons. The molecule has 0 unspecified atom stereocenters. The summed E-state index contributed by atoms with van der Waals surface area (Å²) in [5, 5.41) is 2.75. The monoisotopic (exact) mass is 309 g/mol. The Morgan fingerprint density at radius 3 is 2.81 bits per heavy atom. The maximum absolute atomic E-state index is 12.2. The number of carbonyl (C=O) groups excluding carboxylic acids is 1. The highest BCUT2D eigenvalue weighted by molar-refractivity contribution is 6.31. The van der Waals surface area contributed by atoms with Crippen LogP contribution in [0.2, 0.25) is 5.02 Å². The number of anilines is 1. The highest BCUT2D eigenvalue weighted by Crippen LogP contribution is 2.23. The van der Waals surface area contributed by atoms with Crippen LogP contribution in [0.3, 0.4) is 0 Å². The van der Waals surface area contributed by atoms with Crippen LogP contribution in [0.4, 0.5) is 5.69 Å². The van der Waals surface area contributed by atoms with Crippen LogP contribution in [0.15, 0.2) is 34.0 Å². The third kappa shape index (κ3) is 3.51. The van der Waals surface area contributed by atoms with Crippen LogP contribution in [0, 0.1) is 0 Å². The molecule has 0 spiro atoms. The number of ether oxygens (including phenoxy) is 1. The Morgan fingerprint density at radius 2 is 2.14 bits per heavy atom. The maximum Gasteiger partial charge on any atom is 0.325 e. The summed E-state index contributed by atoms with van der Waals surface area (Å²) in [5.41, 5.74) is -1.25. The summed E-state index contributed by atoms with van der Waals surface area (Å²) in [6.07, 6.45) is 1.12. The largest absolute Gasteiger partial charge is 0.493 e. The smallest absolute Gasteiger partial charge is 0.325 e. The summed E-state index contributed by atoms with van der Waals surface area (Å²) in [5.74, 6) is -0.223. The number of amides is 1. The van der Waals surface area contributed by atoms with Crippen molar-refractivity contribution >= 4 is 23.2 Å². The lowest BCUT2D eigenvalue weighted by atomic mass is 10.2. The zero-order chi connectivity index (χ0) is 15.4. The van der Waals surface area contributed by atoms with Crippen LogP contribution in [0.1, 0.15) is 17.3 Å². The second-order valence-electron chi connectivity index (χ2n) is 4.01. The zero-order valence-corrected chi connectivity index (χ0v) is 11.8. The molecule has 8 heteroatoms. The normalized spacial score (nSPS) is 10.2. The Bertz CT molecular complexity index is 781. The molecule has 1 amide bonds. The molecule has 21 heavy (non-hydrogen) atoms. The molecule has 0 atom stereocenters. The number of halogens is 1. The second kappa shape index (κ2) is 6.27. The van der Waals surface area contributed by atoms with Gasteiger partial charge >= 0.3 is 5.69 Å². The molecule has 0 saturated carbocycles. The summed E-state index contributed by atoms with van der Waals surface area (Å²) >= 11 is 5.87. The van der Waals surface area contributed by atoms with Crippen LogP contribution >= 0.6 is 11.6 Å². The fourth-order valence-electron chi connectivity index (χ4n) is 1.65. The van der Waals surface area contributed by atoms with E-state index in [1.165, 1.54) is 6.07 Å². The SMILES string of the molecule is CCOc1ccc(Cl)cc1C(=O)Nc1c[nH]c(=O)[nH]c1=O. The van der Waals surface area contributed by atoms with Gasteiger partial charge in [-0.05, 0) is 25.1 Å². The summed E-state index contributed by atoms with van der Waals surface area (Å²) in [7, 11) is 0. The number of H-pyrrole nitrogens is 2. The molecule has 0 aliphatic carbocycles. The number of aromatic nitrogens is 2. The summed E-state index contributed by atoms with van der Waals surface area (Å²) in [4.78, 5) is 38.9. The number of aromatic amines is 2. The molecule has 1 aromatic heterocycles. The van der Waals surface area contributed by atoms with E-state index in [1.807, 2.05) is 4.98 Å². The molecule has 3 N–H and O–H groups in total. The first-order valence-corrected chi connectivity index (χ1v) is 6.44. The van der Waals surface area contributed by atoms with Crippen molar-refractivity contribution in [2.24, 2.45) is 0 Å². The van der Waals surface area contributed by atoms with Gasteiger partial charge in [0.25, 0.3) is 11.5 Å². The zero-order valence-electron chi connectivity index (χ0n) is 11.0. The van der Waals surface area contributed by atoms with E-state index in [0.29, 0.717) is 17.4 Å². The van der Waals surface area contributed by atoms with E-state index in [0.717, 1.165) is 6.20 Å². The number of hydrogen-bond donors (Lipinski definition) is 3. The van der Waals surface area contributed by atoms with Crippen molar-refractivity contribution in [2.75, 3.05) is 11.9 Å². The lowest BCUT2D eigenvalue weighted by Crippen LogP contribution is -2.26. The van der Waals surface area contributed by atoms with Crippen LogP contribution in [-0.4, -0.2) is 22.5 Å². The number of carbonyl (C=O) groups is 1. The van der Waals surface area contributed by atoms with Crippen LogP contribution in [-0.2, 0) is 0 Å². The van der Waals surface area contributed by atoms with Crippen molar-refractivity contribution in [2.45, 2.75) is 6.92 Å². The highest BCUT2D eigenvalue weighted by Gasteiger charge is 2.15. The third-order valence-electron chi connectivity index (χ3n) is 2.55. The molecule has 0 bridgehead atoms. The third-order valence-corrected chi connectivity index (χ3v) is 2.79. The maximum atomic E-state index is 12.2. The van der Waals surface area contributed by atoms with Gasteiger partial charge in [0.05, 0.1) is 12.2 Å². The second-order valence-corrected chi connectivity index (χ2v) is 4.45. The molecular weight excluding hydrogens is 298 g/mol. The molecule has 2 aromatic rings. The Hall–Kier alpha value is -2.54. The van der Waals surface area contributed by atoms with Gasteiger partial charge in [-0.15, -0.1) is 0 Å². The number of rotatable bonds is 4. The standard InChI is InChI=1S/C13H12ClN3O4/c1-2-21-10-4-3-7(14)5-8(10)11(18)16-9-6-15-13(20)17-12(9)19/h3-6H,2H2,1H3,(H,16,18)(H2,15,17,19,20). The first kappa shape index (κ1) is 14.9. The van der Waals surface area contributed by atoms with E-state index in [-0.39, 0.29) is 11.3 Å². The molecule has 0 fully saturated rings. The Kier molecular flexibility index (Phi) is 4.44. The van der Waals surface area contributed by atoms with Crippen LogP contribution < -0.4 is 21.3 Å². The Morgan fingerprint density at radius 1 is 1.38 bits per heavy atom. The molecule has 1 heterocycles. The number of benzene rings is 1. The topological polar surface area (TPSA) is 104 Å². The van der Waals surface area contributed by atoms with E-state index < -0.39 is 17.2 Å². The predicted molar refractivity (Wildman–Crippen MR) is 78.3 cm³/mol. The van der Waals surface area contributed by atoms with Crippen molar-refractivity contribution in [3.05, 3.63) is 55.8 Å². The summed E-state index contributed by atoms with van der Waals surface area (Å²) in [6, 6.07) is 4.59. The van der Waals surface area contributed by atoms with Gasteiger partial charge in [0, 0.05) is 11.2 Å².